The second-order valence-corrected chi connectivity index (χ2v) is 4.61. The second kappa shape index (κ2) is 3.07. The molecule has 5 nitrogen and oxygen atoms in total. The fraction of sp³-hybridized carbons (Fsp3) is 0.500. The molecule has 1 saturated carbocycles. The summed E-state index contributed by atoms with van der Waals surface area (Å²) in [4.78, 5) is 38.7. The fourth-order valence-electron chi connectivity index (χ4n) is 3.04. The monoisotopic (exact) mass is 241 g/mol. The number of hydroxylamine groups is 2. The maximum atomic E-state index is 11.9. The Hall–Kier alpha value is -1.36. The average Bonchev–Trinajstić information content (AvgIpc) is 2.87. The van der Waals surface area contributed by atoms with E-state index in [4.69, 9.17) is 11.6 Å². The van der Waals surface area contributed by atoms with Crippen LogP contribution in [0.5, 0.6) is 0 Å². The Bertz CT molecular complexity index is 403. The molecule has 2 amide bonds. The van der Waals surface area contributed by atoms with Gasteiger partial charge in [-0.05, 0) is 18.3 Å². The number of hydrogen-bond donors (Lipinski definition) is 0. The number of fused-ring (bicyclic) bond motifs is 5. The van der Waals surface area contributed by atoms with Gasteiger partial charge in [-0.15, -0.1) is 5.06 Å². The molecule has 0 spiro atoms. The van der Waals surface area contributed by atoms with Gasteiger partial charge in [-0.3, -0.25) is 9.59 Å². The molecule has 2 fully saturated rings. The molecule has 1 saturated heterocycles. The Labute approximate surface area is 95.9 Å². The van der Waals surface area contributed by atoms with Crippen molar-refractivity contribution >= 4 is 28.8 Å². The van der Waals surface area contributed by atoms with E-state index in [2.05, 4.69) is 4.84 Å². The zero-order chi connectivity index (χ0) is 11.4. The number of imide groups is 1. The lowest BCUT2D eigenvalue weighted by Crippen LogP contribution is -2.33. The minimum absolute atomic E-state index is 0.102. The van der Waals surface area contributed by atoms with Crippen molar-refractivity contribution in [3.05, 3.63) is 12.2 Å². The first-order chi connectivity index (χ1) is 7.59. The lowest BCUT2D eigenvalue weighted by Gasteiger charge is -2.13. The molecule has 1 aliphatic heterocycles. The highest BCUT2D eigenvalue weighted by Crippen LogP contribution is 2.52. The van der Waals surface area contributed by atoms with Crippen molar-refractivity contribution in [1.82, 2.24) is 5.06 Å². The minimum Gasteiger partial charge on any atom is -0.315 e. The third-order valence-electron chi connectivity index (χ3n) is 3.59. The Morgan fingerprint density at radius 1 is 1.25 bits per heavy atom. The lowest BCUT2D eigenvalue weighted by molar-refractivity contribution is -0.172. The summed E-state index contributed by atoms with van der Waals surface area (Å²) in [7, 11) is 0. The maximum Gasteiger partial charge on any atom is 0.428 e. The molecule has 3 rings (SSSR count). The van der Waals surface area contributed by atoms with Crippen LogP contribution in [0.15, 0.2) is 12.2 Å². The SMILES string of the molecule is O=C(Cl)ON1C(=O)C2C(C1=O)[C@H]1C=C[C@@H]2C1. The van der Waals surface area contributed by atoms with Gasteiger partial charge in [-0.25, -0.2) is 4.79 Å². The predicted molar refractivity (Wildman–Crippen MR) is 51.9 cm³/mol. The number of amides is 2. The summed E-state index contributed by atoms with van der Waals surface area (Å²) in [6.07, 6.45) is 4.77. The summed E-state index contributed by atoms with van der Waals surface area (Å²) in [5.41, 5.74) is -1.16. The Morgan fingerprint density at radius 2 is 1.75 bits per heavy atom. The van der Waals surface area contributed by atoms with Crippen molar-refractivity contribution in [3.8, 4) is 0 Å². The molecule has 16 heavy (non-hydrogen) atoms. The standard InChI is InChI=1S/C10H8ClNO4/c11-10(15)16-12-8(13)6-4-1-2-5(3-4)7(6)9(12)14/h1-2,4-7H,3H2/t4-,5+,6?,7?. The molecule has 2 unspecified atom stereocenters. The molecule has 0 aromatic heterocycles. The van der Waals surface area contributed by atoms with Gasteiger partial charge >= 0.3 is 5.43 Å². The number of nitrogens with zero attached hydrogens (tertiary/aromatic N) is 1. The maximum absolute atomic E-state index is 11.9. The zero-order valence-electron chi connectivity index (χ0n) is 8.13. The third kappa shape index (κ3) is 1.09. The highest BCUT2D eigenvalue weighted by atomic mass is 35.5. The molecule has 84 valence electrons. The number of allylic oxidation sites excluding steroid dienone is 2. The summed E-state index contributed by atoms with van der Waals surface area (Å²) in [5, 5.41) is 0.525. The molecule has 3 aliphatic rings. The summed E-state index contributed by atoms with van der Waals surface area (Å²) >= 11 is 5.01. The van der Waals surface area contributed by atoms with Crippen LogP contribution in [0, 0.1) is 23.7 Å². The highest BCUT2D eigenvalue weighted by molar-refractivity contribution is 6.61. The third-order valence-corrected chi connectivity index (χ3v) is 3.66. The fourth-order valence-corrected chi connectivity index (χ4v) is 3.11. The van der Waals surface area contributed by atoms with Crippen molar-refractivity contribution in [2.45, 2.75) is 6.42 Å². The molecule has 1 heterocycles. The van der Waals surface area contributed by atoms with Crippen LogP contribution in [-0.4, -0.2) is 22.3 Å². The van der Waals surface area contributed by atoms with Gasteiger partial charge in [0, 0.05) is 11.6 Å². The van der Waals surface area contributed by atoms with Crippen molar-refractivity contribution in [3.63, 3.8) is 0 Å². The van der Waals surface area contributed by atoms with Crippen molar-refractivity contribution in [2.24, 2.45) is 23.7 Å². The van der Waals surface area contributed by atoms with E-state index in [1.165, 1.54) is 0 Å². The summed E-state index contributed by atoms with van der Waals surface area (Å²) in [6, 6.07) is 0. The topological polar surface area (TPSA) is 63.7 Å². The van der Waals surface area contributed by atoms with Crippen LogP contribution in [0.1, 0.15) is 6.42 Å². The van der Waals surface area contributed by atoms with E-state index in [1.807, 2.05) is 12.2 Å². The highest BCUT2D eigenvalue weighted by Gasteiger charge is 2.60. The molecule has 0 radical (unpaired) electrons. The van der Waals surface area contributed by atoms with Crippen LogP contribution in [-0.2, 0) is 14.4 Å². The van der Waals surface area contributed by atoms with Gasteiger partial charge in [0.1, 0.15) is 0 Å². The van der Waals surface area contributed by atoms with E-state index in [1.54, 1.807) is 0 Å². The number of carbonyl (C=O) groups is 3. The number of hydrogen-bond acceptors (Lipinski definition) is 4. The van der Waals surface area contributed by atoms with E-state index in [-0.39, 0.29) is 23.7 Å². The molecule has 2 aliphatic carbocycles. The van der Waals surface area contributed by atoms with Gasteiger partial charge in [0.15, 0.2) is 0 Å². The van der Waals surface area contributed by atoms with Crippen molar-refractivity contribution in [1.29, 1.82) is 0 Å². The smallest absolute Gasteiger partial charge is 0.315 e. The van der Waals surface area contributed by atoms with E-state index in [9.17, 15) is 14.4 Å². The van der Waals surface area contributed by atoms with Gasteiger partial charge in [0.2, 0.25) is 0 Å². The van der Waals surface area contributed by atoms with Gasteiger partial charge in [0.05, 0.1) is 11.8 Å². The summed E-state index contributed by atoms with van der Waals surface area (Å²) in [5.74, 6) is -1.41. The van der Waals surface area contributed by atoms with Gasteiger partial charge < -0.3 is 4.84 Å². The van der Waals surface area contributed by atoms with Crippen LogP contribution < -0.4 is 0 Å². The number of carbonyl (C=O) groups excluding carboxylic acids is 3. The van der Waals surface area contributed by atoms with E-state index in [0.717, 1.165) is 6.42 Å². The van der Waals surface area contributed by atoms with E-state index in [0.29, 0.717) is 5.06 Å². The normalized spacial score (nSPS) is 39.4. The molecule has 0 aromatic carbocycles. The zero-order valence-corrected chi connectivity index (χ0v) is 8.89. The second-order valence-electron chi connectivity index (χ2n) is 4.30. The number of rotatable bonds is 1. The summed E-state index contributed by atoms with van der Waals surface area (Å²) < 4.78 is 0. The van der Waals surface area contributed by atoms with E-state index >= 15 is 0 Å². The van der Waals surface area contributed by atoms with Crippen LogP contribution in [0.25, 0.3) is 0 Å². The first-order valence-corrected chi connectivity index (χ1v) is 5.41. The molecule has 4 atom stereocenters. The Morgan fingerprint density at radius 3 is 2.19 bits per heavy atom. The predicted octanol–water partition coefficient (Wildman–Crippen LogP) is 1.08. The molecular weight excluding hydrogens is 234 g/mol. The van der Waals surface area contributed by atoms with Gasteiger partial charge in [-0.2, -0.15) is 0 Å². The largest absolute Gasteiger partial charge is 0.428 e. The van der Waals surface area contributed by atoms with Crippen molar-refractivity contribution < 1.29 is 19.2 Å². The summed E-state index contributed by atoms with van der Waals surface area (Å²) in [6.45, 7) is 0. The first kappa shape index (κ1) is 9.84. The molecule has 2 bridgehead atoms. The van der Waals surface area contributed by atoms with Crippen LogP contribution in [0.4, 0.5) is 4.79 Å². The lowest BCUT2D eigenvalue weighted by atomic mass is 9.85. The molecule has 0 aromatic rings. The molecule has 6 heteroatoms. The molecule has 0 N–H and O–H groups in total. The van der Waals surface area contributed by atoms with Crippen LogP contribution in [0.2, 0.25) is 0 Å². The van der Waals surface area contributed by atoms with E-state index < -0.39 is 17.2 Å². The molecular formula is C10H8ClNO4. The minimum atomic E-state index is -1.16. The first-order valence-electron chi connectivity index (χ1n) is 5.03. The Balaban J connectivity index is 1.91. The van der Waals surface area contributed by atoms with Crippen LogP contribution in [0.3, 0.4) is 0 Å². The van der Waals surface area contributed by atoms with Crippen molar-refractivity contribution in [2.75, 3.05) is 0 Å². The van der Waals surface area contributed by atoms with Gasteiger partial charge in [0.25, 0.3) is 11.8 Å². The average molecular weight is 242 g/mol. The van der Waals surface area contributed by atoms with Gasteiger partial charge in [-0.1, -0.05) is 12.2 Å². The quantitative estimate of drug-likeness (QED) is 0.392. The number of halogens is 1. The van der Waals surface area contributed by atoms with Crippen LogP contribution >= 0.6 is 11.6 Å². The Kier molecular flexibility index (Phi) is 1.89.